The highest BCUT2D eigenvalue weighted by Crippen LogP contribution is 2.32. The summed E-state index contributed by atoms with van der Waals surface area (Å²) in [6.07, 6.45) is -0.199. The summed E-state index contributed by atoms with van der Waals surface area (Å²) in [5.41, 5.74) is -0.199. The summed E-state index contributed by atoms with van der Waals surface area (Å²) >= 11 is 0. The lowest BCUT2D eigenvalue weighted by atomic mass is 10.3. The van der Waals surface area contributed by atoms with Crippen molar-refractivity contribution in [1.29, 1.82) is 0 Å². The summed E-state index contributed by atoms with van der Waals surface area (Å²) in [7, 11) is 0. The largest absolute Gasteiger partial charge is 0.465 e. The van der Waals surface area contributed by atoms with E-state index in [0.717, 1.165) is 6.07 Å². The molecule has 0 atom stereocenters. The first kappa shape index (κ1) is 16.9. The Kier molecular flexibility index (Phi) is 4.39. The van der Waals surface area contributed by atoms with Crippen LogP contribution in [0.2, 0.25) is 0 Å². The Hall–Kier alpha value is -2.97. The number of aromatic nitrogens is 1. The standard InChI is InChI=1S/C16H14F3N3O3/c17-12-7-10(1-2-13(12)21-15(23)24)25-11-3-5-20-14(8-11)22-6-4-16(18,19)9-22/h1-3,5,7-8,21H,4,6,9H2,(H,23,24). The van der Waals surface area contributed by atoms with Crippen molar-refractivity contribution in [2.24, 2.45) is 0 Å². The first-order valence-corrected chi connectivity index (χ1v) is 7.39. The Bertz CT molecular complexity index is 801. The summed E-state index contributed by atoms with van der Waals surface area (Å²) in [4.78, 5) is 16.0. The quantitative estimate of drug-likeness (QED) is 0.871. The van der Waals surface area contributed by atoms with Crippen molar-refractivity contribution in [3.8, 4) is 11.5 Å². The molecule has 3 rings (SSSR count). The molecule has 0 spiro atoms. The summed E-state index contributed by atoms with van der Waals surface area (Å²) < 4.78 is 45.9. The molecule has 0 radical (unpaired) electrons. The van der Waals surface area contributed by atoms with Crippen molar-refractivity contribution >= 4 is 17.6 Å². The summed E-state index contributed by atoms with van der Waals surface area (Å²) in [6, 6.07) is 6.64. The molecule has 1 saturated heterocycles. The van der Waals surface area contributed by atoms with Crippen molar-refractivity contribution < 1.29 is 27.8 Å². The van der Waals surface area contributed by atoms with Crippen LogP contribution in [0.25, 0.3) is 0 Å². The van der Waals surface area contributed by atoms with E-state index in [2.05, 4.69) is 4.98 Å². The van der Waals surface area contributed by atoms with E-state index < -0.39 is 24.4 Å². The third-order valence-electron chi connectivity index (χ3n) is 3.63. The zero-order chi connectivity index (χ0) is 18.0. The highest BCUT2D eigenvalue weighted by Gasteiger charge is 2.38. The summed E-state index contributed by atoms with van der Waals surface area (Å²) in [6.45, 7) is -0.221. The normalized spacial score (nSPS) is 15.9. The van der Waals surface area contributed by atoms with Crippen LogP contribution in [0.4, 0.5) is 29.5 Å². The number of ether oxygens (including phenoxy) is 1. The van der Waals surface area contributed by atoms with Crippen LogP contribution < -0.4 is 15.0 Å². The fourth-order valence-corrected chi connectivity index (χ4v) is 2.48. The van der Waals surface area contributed by atoms with Gasteiger partial charge in [-0.15, -0.1) is 0 Å². The lowest BCUT2D eigenvalue weighted by Crippen LogP contribution is -2.25. The number of nitrogens with one attached hydrogen (secondary N) is 1. The fourth-order valence-electron chi connectivity index (χ4n) is 2.48. The molecule has 0 aliphatic carbocycles. The van der Waals surface area contributed by atoms with Crippen molar-refractivity contribution in [1.82, 2.24) is 4.98 Å². The average molecular weight is 353 g/mol. The van der Waals surface area contributed by atoms with Crippen LogP contribution in [0.5, 0.6) is 11.5 Å². The summed E-state index contributed by atoms with van der Waals surface area (Å²) in [5, 5.41) is 10.5. The fraction of sp³-hybridized carbons (Fsp3) is 0.250. The molecule has 1 amide bonds. The molecule has 1 aliphatic heterocycles. The number of hydrogen-bond donors (Lipinski definition) is 2. The maximum absolute atomic E-state index is 13.8. The third kappa shape index (κ3) is 4.11. The Labute approximate surface area is 140 Å². The number of anilines is 2. The van der Waals surface area contributed by atoms with Crippen molar-refractivity contribution in [3.05, 3.63) is 42.3 Å². The van der Waals surface area contributed by atoms with Crippen LogP contribution in [0.3, 0.4) is 0 Å². The molecule has 1 fully saturated rings. The average Bonchev–Trinajstić information content (AvgIpc) is 2.90. The van der Waals surface area contributed by atoms with E-state index in [1.54, 1.807) is 0 Å². The second-order valence-electron chi connectivity index (χ2n) is 5.55. The predicted molar refractivity (Wildman–Crippen MR) is 84.1 cm³/mol. The van der Waals surface area contributed by atoms with E-state index in [1.807, 2.05) is 5.32 Å². The number of hydrogen-bond acceptors (Lipinski definition) is 4. The first-order valence-electron chi connectivity index (χ1n) is 7.39. The van der Waals surface area contributed by atoms with Gasteiger partial charge in [-0.25, -0.2) is 22.9 Å². The monoisotopic (exact) mass is 353 g/mol. The second-order valence-corrected chi connectivity index (χ2v) is 5.55. The van der Waals surface area contributed by atoms with Crippen molar-refractivity contribution in [2.45, 2.75) is 12.3 Å². The van der Waals surface area contributed by atoms with Gasteiger partial charge >= 0.3 is 6.09 Å². The predicted octanol–water partition coefficient (Wildman–Crippen LogP) is 3.95. The lowest BCUT2D eigenvalue weighted by molar-refractivity contribution is 0.0256. The van der Waals surface area contributed by atoms with Gasteiger partial charge in [0.05, 0.1) is 12.2 Å². The van der Waals surface area contributed by atoms with Gasteiger partial charge in [0.1, 0.15) is 17.3 Å². The second kappa shape index (κ2) is 6.50. The smallest absolute Gasteiger partial charge is 0.409 e. The molecule has 1 aromatic heterocycles. The molecule has 0 unspecified atom stereocenters. The zero-order valence-corrected chi connectivity index (χ0v) is 12.9. The van der Waals surface area contributed by atoms with Gasteiger partial charge in [-0.2, -0.15) is 0 Å². The maximum Gasteiger partial charge on any atom is 0.409 e. The maximum atomic E-state index is 13.8. The molecular formula is C16H14F3N3O3. The number of carboxylic acid groups (broad SMARTS) is 1. The van der Waals surface area contributed by atoms with Crippen LogP contribution in [0.15, 0.2) is 36.5 Å². The molecule has 2 heterocycles. The van der Waals surface area contributed by atoms with Gasteiger partial charge in [-0.3, -0.25) is 5.32 Å². The molecule has 1 aliphatic rings. The van der Waals surface area contributed by atoms with Crippen molar-refractivity contribution in [2.75, 3.05) is 23.3 Å². The number of carbonyl (C=O) groups is 1. The Morgan fingerprint density at radius 1 is 1.28 bits per heavy atom. The number of nitrogens with zero attached hydrogens (tertiary/aromatic N) is 2. The van der Waals surface area contributed by atoms with Crippen LogP contribution in [-0.2, 0) is 0 Å². The number of rotatable bonds is 4. The van der Waals surface area contributed by atoms with E-state index >= 15 is 0 Å². The van der Waals surface area contributed by atoms with E-state index in [4.69, 9.17) is 9.84 Å². The molecule has 0 bridgehead atoms. The van der Waals surface area contributed by atoms with E-state index in [-0.39, 0.29) is 24.4 Å². The first-order chi connectivity index (χ1) is 11.8. The molecule has 2 aromatic rings. The minimum absolute atomic E-state index is 0.136. The minimum Gasteiger partial charge on any atom is -0.465 e. The third-order valence-corrected chi connectivity index (χ3v) is 3.63. The number of halogens is 3. The SMILES string of the molecule is O=C(O)Nc1ccc(Oc2ccnc(N3CCC(F)(F)C3)c2)cc1F. The van der Waals surface area contributed by atoms with E-state index in [1.165, 1.54) is 35.4 Å². The molecule has 2 N–H and O–H groups in total. The summed E-state index contributed by atoms with van der Waals surface area (Å²) in [5.74, 6) is -2.75. The van der Waals surface area contributed by atoms with Gasteiger partial charge in [0.15, 0.2) is 5.82 Å². The van der Waals surface area contributed by atoms with Gasteiger partial charge in [0, 0.05) is 31.3 Å². The molecular weight excluding hydrogens is 339 g/mol. The van der Waals surface area contributed by atoms with Crippen molar-refractivity contribution in [3.63, 3.8) is 0 Å². The van der Waals surface area contributed by atoms with Gasteiger partial charge in [-0.05, 0) is 18.2 Å². The number of benzene rings is 1. The molecule has 25 heavy (non-hydrogen) atoms. The molecule has 6 nitrogen and oxygen atoms in total. The van der Waals surface area contributed by atoms with Gasteiger partial charge in [0.2, 0.25) is 0 Å². The number of alkyl halides is 2. The van der Waals surface area contributed by atoms with Gasteiger partial charge in [0.25, 0.3) is 5.92 Å². The van der Waals surface area contributed by atoms with Gasteiger partial charge < -0.3 is 14.7 Å². The van der Waals surface area contributed by atoms with E-state index in [0.29, 0.717) is 11.6 Å². The molecule has 9 heteroatoms. The highest BCUT2D eigenvalue weighted by atomic mass is 19.3. The van der Waals surface area contributed by atoms with Crippen LogP contribution in [0.1, 0.15) is 6.42 Å². The van der Waals surface area contributed by atoms with Gasteiger partial charge in [-0.1, -0.05) is 0 Å². The van der Waals surface area contributed by atoms with Crippen LogP contribution in [0, 0.1) is 5.82 Å². The Balaban J connectivity index is 1.74. The number of pyridine rings is 1. The lowest BCUT2D eigenvalue weighted by Gasteiger charge is -2.17. The Morgan fingerprint density at radius 2 is 2.04 bits per heavy atom. The van der Waals surface area contributed by atoms with E-state index in [9.17, 15) is 18.0 Å². The van der Waals surface area contributed by atoms with Crippen LogP contribution in [-0.4, -0.2) is 35.2 Å². The number of amides is 1. The topological polar surface area (TPSA) is 74.7 Å². The molecule has 132 valence electrons. The zero-order valence-electron chi connectivity index (χ0n) is 12.9. The Morgan fingerprint density at radius 3 is 2.68 bits per heavy atom. The van der Waals surface area contributed by atoms with Crippen LogP contribution >= 0.6 is 0 Å². The highest BCUT2D eigenvalue weighted by molar-refractivity contribution is 5.83. The molecule has 0 saturated carbocycles. The minimum atomic E-state index is -2.74. The molecule has 1 aromatic carbocycles.